The number of nitrogens with one attached hydrogen (secondary N) is 1. The number of pyridine rings is 1. The van der Waals surface area contributed by atoms with Crippen LogP contribution in [-0.4, -0.2) is 39.2 Å². The zero-order valence-electron chi connectivity index (χ0n) is 10.7. The Morgan fingerprint density at radius 1 is 1.30 bits per heavy atom. The minimum Gasteiger partial charge on any atom is -0.475 e. The van der Waals surface area contributed by atoms with Crippen molar-refractivity contribution in [2.45, 2.75) is 6.61 Å². The zero-order chi connectivity index (χ0) is 14.2. The van der Waals surface area contributed by atoms with E-state index in [4.69, 9.17) is 9.84 Å². The lowest BCUT2D eigenvalue weighted by molar-refractivity contribution is 0.0683. The summed E-state index contributed by atoms with van der Waals surface area (Å²) in [6, 6.07) is 3.80. The maximum Gasteiger partial charge on any atom is 0.373 e. The second-order valence-corrected chi connectivity index (χ2v) is 3.94. The molecule has 0 aromatic carbocycles. The molecular weight excluding hydrogens is 260 g/mol. The van der Waals surface area contributed by atoms with Gasteiger partial charge in [0.25, 0.3) is 0 Å². The molecule has 0 aliphatic heterocycles. The third kappa shape index (κ3) is 4.29. The van der Waals surface area contributed by atoms with Gasteiger partial charge in [-0.15, -0.1) is 0 Å². The first kappa shape index (κ1) is 13.9. The minimum absolute atomic E-state index is 0.219. The van der Waals surface area contributed by atoms with E-state index in [-0.39, 0.29) is 5.82 Å². The van der Waals surface area contributed by atoms with E-state index in [1.807, 2.05) is 12.1 Å². The summed E-state index contributed by atoms with van der Waals surface area (Å²) in [6.07, 6.45) is 6.33. The highest BCUT2D eigenvalue weighted by Gasteiger charge is 2.04. The molecule has 2 aromatic rings. The predicted molar refractivity (Wildman–Crippen MR) is 71.4 cm³/mol. The van der Waals surface area contributed by atoms with Crippen LogP contribution >= 0.6 is 0 Å². The molecule has 20 heavy (non-hydrogen) atoms. The highest BCUT2D eigenvalue weighted by atomic mass is 16.5. The van der Waals surface area contributed by atoms with Gasteiger partial charge in [0.2, 0.25) is 5.82 Å². The van der Waals surface area contributed by atoms with Gasteiger partial charge in [0, 0.05) is 18.9 Å². The number of anilines is 1. The van der Waals surface area contributed by atoms with Gasteiger partial charge in [-0.05, 0) is 11.6 Å². The summed E-state index contributed by atoms with van der Waals surface area (Å²) >= 11 is 0. The van der Waals surface area contributed by atoms with Crippen molar-refractivity contribution in [3.63, 3.8) is 0 Å². The van der Waals surface area contributed by atoms with Gasteiger partial charge in [-0.2, -0.15) is 0 Å². The molecule has 0 radical (unpaired) electrons. The second-order valence-electron chi connectivity index (χ2n) is 3.94. The summed E-state index contributed by atoms with van der Waals surface area (Å²) in [4.78, 5) is 22.0. The molecule has 0 aliphatic carbocycles. The Bertz CT molecular complexity index is 545. The Labute approximate surface area is 115 Å². The number of hydrogen-bond donors (Lipinski definition) is 2. The third-order valence-corrected chi connectivity index (χ3v) is 2.41. The number of carboxylic acids is 1. The maximum absolute atomic E-state index is 10.6. The summed E-state index contributed by atoms with van der Waals surface area (Å²) in [7, 11) is 0. The molecule has 7 heteroatoms. The largest absolute Gasteiger partial charge is 0.475 e. The molecule has 0 atom stereocenters. The molecule has 0 bridgehead atoms. The molecule has 0 spiro atoms. The minimum atomic E-state index is -1.14. The standard InChI is InChI=1S/C13H14N4O3/c18-13(19)12-16-7-11(8-17-12)15-4-5-20-9-10-2-1-3-14-6-10/h1-3,6-8,15H,4-5,9H2,(H,18,19). The van der Waals surface area contributed by atoms with Gasteiger partial charge in [0.1, 0.15) is 0 Å². The van der Waals surface area contributed by atoms with Crippen LogP contribution in [-0.2, 0) is 11.3 Å². The smallest absolute Gasteiger partial charge is 0.373 e. The molecule has 104 valence electrons. The van der Waals surface area contributed by atoms with Crippen LogP contribution in [0.25, 0.3) is 0 Å². The first-order valence-electron chi connectivity index (χ1n) is 6.01. The molecule has 0 unspecified atom stereocenters. The Morgan fingerprint density at radius 2 is 2.10 bits per heavy atom. The summed E-state index contributed by atoms with van der Waals surface area (Å²) in [5, 5.41) is 11.7. The van der Waals surface area contributed by atoms with Gasteiger partial charge in [-0.3, -0.25) is 4.98 Å². The lowest BCUT2D eigenvalue weighted by Gasteiger charge is -2.06. The zero-order valence-corrected chi connectivity index (χ0v) is 10.7. The van der Waals surface area contributed by atoms with Crippen molar-refractivity contribution < 1.29 is 14.6 Å². The van der Waals surface area contributed by atoms with E-state index < -0.39 is 5.97 Å². The maximum atomic E-state index is 10.6. The van der Waals surface area contributed by atoms with Crippen molar-refractivity contribution in [2.24, 2.45) is 0 Å². The monoisotopic (exact) mass is 274 g/mol. The quantitative estimate of drug-likeness (QED) is 0.732. The topological polar surface area (TPSA) is 97.2 Å². The van der Waals surface area contributed by atoms with Gasteiger partial charge in [-0.25, -0.2) is 14.8 Å². The van der Waals surface area contributed by atoms with Gasteiger partial charge < -0.3 is 15.2 Å². The molecular formula is C13H14N4O3. The number of carboxylic acid groups (broad SMARTS) is 1. The number of ether oxygens (including phenoxy) is 1. The van der Waals surface area contributed by atoms with Crippen LogP contribution in [0, 0.1) is 0 Å². The van der Waals surface area contributed by atoms with Gasteiger partial charge in [-0.1, -0.05) is 6.07 Å². The first-order valence-corrected chi connectivity index (χ1v) is 6.01. The number of nitrogens with zero attached hydrogens (tertiary/aromatic N) is 3. The van der Waals surface area contributed by atoms with E-state index in [0.717, 1.165) is 5.56 Å². The van der Waals surface area contributed by atoms with Crippen molar-refractivity contribution in [1.82, 2.24) is 15.0 Å². The Kier molecular flexibility index (Phi) is 4.96. The third-order valence-electron chi connectivity index (χ3n) is 2.41. The molecule has 2 heterocycles. The van der Waals surface area contributed by atoms with Crippen molar-refractivity contribution in [3.8, 4) is 0 Å². The van der Waals surface area contributed by atoms with Crippen LogP contribution in [0.3, 0.4) is 0 Å². The van der Waals surface area contributed by atoms with Crippen LogP contribution in [0.4, 0.5) is 5.69 Å². The molecule has 2 aromatic heterocycles. The summed E-state index contributed by atoms with van der Waals surface area (Å²) < 4.78 is 5.47. The molecule has 2 rings (SSSR count). The Hall–Kier alpha value is -2.54. The lowest BCUT2D eigenvalue weighted by atomic mass is 10.3. The van der Waals surface area contributed by atoms with Gasteiger partial charge in [0.05, 0.1) is 31.3 Å². The fourth-order valence-electron chi connectivity index (χ4n) is 1.47. The van der Waals surface area contributed by atoms with E-state index in [1.54, 1.807) is 12.4 Å². The molecule has 0 saturated heterocycles. The Morgan fingerprint density at radius 3 is 2.75 bits per heavy atom. The fourth-order valence-corrected chi connectivity index (χ4v) is 1.47. The van der Waals surface area contributed by atoms with Crippen molar-refractivity contribution >= 4 is 11.7 Å². The van der Waals surface area contributed by atoms with Crippen LogP contribution in [0.1, 0.15) is 16.2 Å². The van der Waals surface area contributed by atoms with Crippen LogP contribution in [0.2, 0.25) is 0 Å². The number of hydrogen-bond acceptors (Lipinski definition) is 6. The molecule has 0 aliphatic rings. The van der Waals surface area contributed by atoms with E-state index >= 15 is 0 Å². The summed E-state index contributed by atoms with van der Waals surface area (Å²) in [5.74, 6) is -1.36. The van der Waals surface area contributed by atoms with Crippen LogP contribution < -0.4 is 5.32 Å². The average molecular weight is 274 g/mol. The highest BCUT2D eigenvalue weighted by molar-refractivity contribution is 5.83. The lowest BCUT2D eigenvalue weighted by Crippen LogP contribution is -2.11. The summed E-state index contributed by atoms with van der Waals surface area (Å²) in [6.45, 7) is 1.59. The highest BCUT2D eigenvalue weighted by Crippen LogP contribution is 2.02. The van der Waals surface area contributed by atoms with Crippen molar-refractivity contribution in [3.05, 3.63) is 48.3 Å². The van der Waals surface area contributed by atoms with Crippen molar-refractivity contribution in [1.29, 1.82) is 0 Å². The average Bonchev–Trinajstić information content (AvgIpc) is 2.48. The van der Waals surface area contributed by atoms with E-state index in [2.05, 4.69) is 20.3 Å². The fraction of sp³-hybridized carbons (Fsp3) is 0.231. The SMILES string of the molecule is O=C(O)c1ncc(NCCOCc2cccnc2)cn1. The second kappa shape index (κ2) is 7.15. The summed E-state index contributed by atoms with van der Waals surface area (Å²) in [5.41, 5.74) is 1.67. The molecule has 7 nitrogen and oxygen atoms in total. The van der Waals surface area contributed by atoms with E-state index in [0.29, 0.717) is 25.4 Å². The Balaban J connectivity index is 1.67. The van der Waals surface area contributed by atoms with E-state index in [1.165, 1.54) is 12.4 Å². The number of carbonyl (C=O) groups is 1. The number of aromatic nitrogens is 3. The van der Waals surface area contributed by atoms with Crippen LogP contribution in [0.15, 0.2) is 36.9 Å². The first-order chi connectivity index (χ1) is 9.75. The number of aromatic carboxylic acids is 1. The number of rotatable bonds is 7. The van der Waals surface area contributed by atoms with Gasteiger partial charge in [0.15, 0.2) is 0 Å². The predicted octanol–water partition coefficient (Wildman–Crippen LogP) is 1.20. The van der Waals surface area contributed by atoms with E-state index in [9.17, 15) is 4.79 Å². The normalized spacial score (nSPS) is 10.2. The van der Waals surface area contributed by atoms with Crippen LogP contribution in [0.5, 0.6) is 0 Å². The van der Waals surface area contributed by atoms with Crippen molar-refractivity contribution in [2.75, 3.05) is 18.5 Å². The molecule has 0 fully saturated rings. The molecule has 0 saturated carbocycles. The molecule has 0 amide bonds. The van der Waals surface area contributed by atoms with Gasteiger partial charge >= 0.3 is 5.97 Å². The molecule has 2 N–H and O–H groups in total.